The monoisotopic (exact) mass is 547 g/mol. The van der Waals surface area contributed by atoms with Gasteiger partial charge in [0.15, 0.2) is 10.9 Å². The number of nitrogens with zero attached hydrogens (tertiary/aromatic N) is 5. The molecule has 4 aromatic rings. The summed E-state index contributed by atoms with van der Waals surface area (Å²) in [7, 11) is 1.21. The first kappa shape index (κ1) is 25.7. The second-order valence-electron chi connectivity index (χ2n) is 8.85. The van der Waals surface area contributed by atoms with Crippen LogP contribution in [0.15, 0.2) is 48.2 Å². The first-order chi connectivity index (χ1) is 18.5. The zero-order chi connectivity index (χ0) is 28.2. The van der Waals surface area contributed by atoms with Crippen LogP contribution in [0.2, 0.25) is 0 Å². The number of carbonyl (C=O) groups excluding carboxylic acids is 3. The third-order valence-electron chi connectivity index (χ3n) is 6.53. The van der Waals surface area contributed by atoms with Gasteiger partial charge in [0.05, 0.1) is 35.0 Å². The average Bonchev–Trinajstić information content (AvgIpc) is 3.55. The number of rotatable bonds is 5. The van der Waals surface area contributed by atoms with Crippen LogP contribution in [0.3, 0.4) is 0 Å². The van der Waals surface area contributed by atoms with Crippen molar-refractivity contribution in [1.82, 2.24) is 14.4 Å². The van der Waals surface area contributed by atoms with Crippen molar-refractivity contribution in [3.8, 4) is 0 Å². The molecule has 1 unspecified atom stereocenters. The lowest BCUT2D eigenvalue weighted by Gasteiger charge is -2.22. The number of Topliss-reactive ketones (excluding diaryl/α,β-unsaturated/α-hetero) is 1. The number of amides is 1. The second kappa shape index (κ2) is 9.44. The molecule has 1 atom stereocenters. The lowest BCUT2D eigenvalue weighted by Crippen LogP contribution is -2.29. The van der Waals surface area contributed by atoms with E-state index < -0.39 is 34.4 Å². The number of esters is 1. The number of methoxy groups -OCH3 is 1. The minimum Gasteiger partial charge on any atom is -0.505 e. The van der Waals surface area contributed by atoms with Gasteiger partial charge in [-0.15, -0.1) is 0 Å². The maximum Gasteiger partial charge on any atom is 0.350 e. The molecule has 13 heteroatoms. The summed E-state index contributed by atoms with van der Waals surface area (Å²) in [6.45, 7) is 5.13. The number of benzene rings is 1. The zero-order valence-corrected chi connectivity index (χ0v) is 22.0. The van der Waals surface area contributed by atoms with E-state index in [0.717, 1.165) is 21.8 Å². The molecule has 0 bridgehead atoms. The number of nitro groups is 1. The quantitative estimate of drug-likeness (QED) is 0.0972. The summed E-state index contributed by atoms with van der Waals surface area (Å²) in [6.07, 6.45) is 1.76. The highest BCUT2D eigenvalue weighted by atomic mass is 32.1. The maximum atomic E-state index is 13.5. The molecule has 5 rings (SSSR count). The van der Waals surface area contributed by atoms with Crippen molar-refractivity contribution < 1.29 is 29.2 Å². The van der Waals surface area contributed by atoms with Crippen LogP contribution in [0.4, 0.5) is 10.8 Å². The van der Waals surface area contributed by atoms with Gasteiger partial charge in [0.25, 0.3) is 11.5 Å². The highest BCUT2D eigenvalue weighted by Crippen LogP contribution is 2.44. The number of aliphatic hydroxyl groups excluding tert-OH is 1. The molecule has 1 amide bonds. The van der Waals surface area contributed by atoms with Gasteiger partial charge in [-0.2, -0.15) is 0 Å². The van der Waals surface area contributed by atoms with Gasteiger partial charge in [0.2, 0.25) is 0 Å². The van der Waals surface area contributed by atoms with E-state index in [9.17, 15) is 29.6 Å². The number of fused-ring (bicyclic) bond motifs is 1. The highest BCUT2D eigenvalue weighted by Gasteiger charge is 2.49. The molecule has 1 fully saturated rings. The first-order valence-corrected chi connectivity index (χ1v) is 12.4. The van der Waals surface area contributed by atoms with Gasteiger partial charge >= 0.3 is 11.9 Å². The van der Waals surface area contributed by atoms with E-state index in [2.05, 4.69) is 9.97 Å². The summed E-state index contributed by atoms with van der Waals surface area (Å²) < 4.78 is 6.55. The Morgan fingerprint density at radius 3 is 2.44 bits per heavy atom. The summed E-state index contributed by atoms with van der Waals surface area (Å²) in [6, 6.07) is 7.75. The Morgan fingerprint density at radius 2 is 1.82 bits per heavy atom. The summed E-state index contributed by atoms with van der Waals surface area (Å²) in [5.74, 6) is -3.13. The minimum atomic E-state index is -1.20. The normalized spacial score (nSPS) is 16.7. The van der Waals surface area contributed by atoms with Crippen molar-refractivity contribution in [2.75, 3.05) is 12.0 Å². The fourth-order valence-electron chi connectivity index (χ4n) is 4.56. The van der Waals surface area contributed by atoms with Crippen LogP contribution >= 0.6 is 11.3 Å². The lowest BCUT2D eigenvalue weighted by atomic mass is 9.96. The second-order valence-corrected chi connectivity index (χ2v) is 9.83. The Hall–Kier alpha value is -4.91. The number of aromatic nitrogens is 3. The summed E-state index contributed by atoms with van der Waals surface area (Å²) in [4.78, 5) is 59.9. The number of aliphatic hydroxyl groups is 1. The number of hydrogen-bond donors (Lipinski definition) is 1. The molecule has 1 aliphatic rings. The molecule has 1 aromatic carbocycles. The number of anilines is 1. The molecule has 1 N–H and O–H groups in total. The number of aryl methyl sites for hydroxylation is 3. The number of carbonyl (C=O) groups is 3. The molecule has 12 nitrogen and oxygen atoms in total. The third kappa shape index (κ3) is 4.03. The number of pyridine rings is 1. The van der Waals surface area contributed by atoms with Crippen molar-refractivity contribution in [2.24, 2.45) is 0 Å². The largest absolute Gasteiger partial charge is 0.505 e. The topological polar surface area (TPSA) is 157 Å². The van der Waals surface area contributed by atoms with E-state index in [1.807, 2.05) is 19.1 Å². The number of nitro benzene ring substituents is 1. The molecule has 0 radical (unpaired) electrons. The van der Waals surface area contributed by atoms with E-state index in [0.29, 0.717) is 16.9 Å². The predicted molar refractivity (Wildman–Crippen MR) is 141 cm³/mol. The molecule has 0 spiro atoms. The molecule has 0 aliphatic carbocycles. The molecule has 1 saturated heterocycles. The minimum absolute atomic E-state index is 0.0278. The van der Waals surface area contributed by atoms with Crippen LogP contribution in [0.1, 0.15) is 43.9 Å². The summed E-state index contributed by atoms with van der Waals surface area (Å²) in [5, 5.41) is 22.8. The van der Waals surface area contributed by atoms with Crippen LogP contribution in [-0.2, 0) is 14.3 Å². The smallest absolute Gasteiger partial charge is 0.350 e. The summed E-state index contributed by atoms with van der Waals surface area (Å²) >= 11 is 0.855. The number of non-ortho nitro benzene ring substituents is 1. The van der Waals surface area contributed by atoms with Crippen molar-refractivity contribution in [3.05, 3.63) is 91.4 Å². The van der Waals surface area contributed by atoms with Crippen molar-refractivity contribution in [1.29, 1.82) is 0 Å². The Kier molecular flexibility index (Phi) is 6.23. The number of thiazole rings is 1. The molecular weight excluding hydrogens is 526 g/mol. The van der Waals surface area contributed by atoms with Crippen LogP contribution in [0, 0.1) is 30.9 Å². The fraction of sp³-hybridized carbons (Fsp3) is 0.192. The van der Waals surface area contributed by atoms with Gasteiger partial charge in [0, 0.05) is 18.3 Å². The number of ketones is 1. The Labute approximate surface area is 225 Å². The average molecular weight is 548 g/mol. The van der Waals surface area contributed by atoms with Crippen LogP contribution < -0.4 is 4.90 Å². The molecule has 198 valence electrons. The van der Waals surface area contributed by atoms with Crippen molar-refractivity contribution in [3.63, 3.8) is 0 Å². The molecule has 0 saturated carbocycles. The Balaban J connectivity index is 1.75. The fourth-order valence-corrected chi connectivity index (χ4v) is 5.58. The van der Waals surface area contributed by atoms with E-state index in [4.69, 9.17) is 4.74 Å². The van der Waals surface area contributed by atoms with E-state index in [1.54, 1.807) is 24.4 Å². The van der Waals surface area contributed by atoms with E-state index in [-0.39, 0.29) is 32.7 Å². The van der Waals surface area contributed by atoms with Crippen LogP contribution in [0.25, 0.3) is 11.4 Å². The standard InChI is InChI=1S/C26H21N5O7S/c1-12-6-5-11-29-14(3)18(28-23(12)29)20(32)17-19(15-7-9-16(10-8-15)31(36)37)30(24(34)21(17)33)26-27-13(2)22(39-26)25(35)38-4/h5-11,19,32H,1-4H3/b20-17+. The van der Waals surface area contributed by atoms with Crippen molar-refractivity contribution in [2.45, 2.75) is 26.8 Å². The molecule has 1 aliphatic heterocycles. The van der Waals surface area contributed by atoms with Gasteiger partial charge in [-0.25, -0.2) is 14.8 Å². The Bertz CT molecular complexity index is 1740. The zero-order valence-electron chi connectivity index (χ0n) is 21.2. The number of ether oxygens (including phenoxy) is 1. The lowest BCUT2D eigenvalue weighted by molar-refractivity contribution is -0.384. The maximum absolute atomic E-state index is 13.5. The predicted octanol–water partition coefficient (Wildman–Crippen LogP) is 4.04. The van der Waals surface area contributed by atoms with Gasteiger partial charge in [-0.1, -0.05) is 17.4 Å². The number of hydrogen-bond acceptors (Lipinski definition) is 10. The van der Waals surface area contributed by atoms with Crippen LogP contribution in [-0.4, -0.2) is 49.2 Å². The molecule has 3 aromatic heterocycles. The van der Waals surface area contributed by atoms with Crippen molar-refractivity contribution >= 4 is 51.2 Å². The first-order valence-electron chi connectivity index (χ1n) is 11.6. The molecule has 39 heavy (non-hydrogen) atoms. The summed E-state index contributed by atoms with van der Waals surface area (Å²) in [5.41, 5.74) is 2.20. The highest BCUT2D eigenvalue weighted by molar-refractivity contribution is 7.17. The van der Waals surface area contributed by atoms with E-state index >= 15 is 0 Å². The van der Waals surface area contributed by atoms with Crippen LogP contribution in [0.5, 0.6) is 0 Å². The molecular formula is C26H21N5O7S. The van der Waals surface area contributed by atoms with Gasteiger partial charge in [-0.3, -0.25) is 24.6 Å². The Morgan fingerprint density at radius 1 is 1.13 bits per heavy atom. The van der Waals surface area contributed by atoms with Gasteiger partial charge < -0.3 is 14.2 Å². The molecule has 4 heterocycles. The van der Waals surface area contributed by atoms with Gasteiger partial charge in [0.1, 0.15) is 16.2 Å². The number of imidazole rings is 1. The SMILES string of the molecule is COC(=O)c1sc(N2C(=O)C(=O)/C(=C(/O)c3nc4c(C)cccn4c3C)C2c2ccc([N+](=O)[O-])cc2)nc1C. The third-order valence-corrected chi connectivity index (χ3v) is 7.67. The van der Waals surface area contributed by atoms with E-state index in [1.165, 1.54) is 31.4 Å². The van der Waals surface area contributed by atoms with Gasteiger partial charge in [-0.05, 0) is 50.1 Å².